The summed E-state index contributed by atoms with van der Waals surface area (Å²) in [5.41, 5.74) is 0. The Morgan fingerprint density at radius 2 is 1.71 bits per heavy atom. The van der Waals surface area contributed by atoms with Gasteiger partial charge in [0.2, 0.25) is 0 Å². The van der Waals surface area contributed by atoms with Gasteiger partial charge >= 0.3 is 0 Å². The first-order valence-corrected chi connectivity index (χ1v) is 7.27. The molecule has 1 saturated heterocycles. The van der Waals surface area contributed by atoms with Crippen LogP contribution in [0.3, 0.4) is 0 Å². The summed E-state index contributed by atoms with van der Waals surface area (Å²) in [6.07, 6.45) is 5.04. The fraction of sp³-hybridized carbons (Fsp3) is 0.875. The van der Waals surface area contributed by atoms with Gasteiger partial charge < -0.3 is 0 Å². The maximum atomic E-state index is 3.33. The van der Waals surface area contributed by atoms with Crippen LogP contribution in [0.5, 0.6) is 0 Å². The van der Waals surface area contributed by atoms with Gasteiger partial charge in [-0.2, -0.15) is 0 Å². The van der Waals surface area contributed by atoms with E-state index in [0.29, 0.717) is 0 Å². The Morgan fingerprint density at radius 1 is 1.06 bits per heavy atom. The third-order valence-corrected chi connectivity index (χ3v) is 3.85. The van der Waals surface area contributed by atoms with Crippen molar-refractivity contribution in [3.8, 4) is 11.8 Å². The third-order valence-electron chi connectivity index (χ3n) is 3.85. The molecular weight excluding hydrogens is 206 g/mol. The van der Waals surface area contributed by atoms with Gasteiger partial charge in [0.05, 0.1) is 6.54 Å². The number of nitrogens with zero attached hydrogens (tertiary/aromatic N) is 1. The molecule has 1 aliphatic rings. The molecule has 1 fully saturated rings. The van der Waals surface area contributed by atoms with Crippen LogP contribution in [0.2, 0.25) is 0 Å². The SMILES string of the molecule is CC(C)CCC#CCN1CCC(C(C)C)CC1. The molecule has 0 saturated carbocycles. The fourth-order valence-electron chi connectivity index (χ4n) is 2.39. The first-order chi connectivity index (χ1) is 8.09. The highest BCUT2D eigenvalue weighted by Crippen LogP contribution is 2.23. The van der Waals surface area contributed by atoms with Crippen LogP contribution in [0, 0.1) is 29.6 Å². The van der Waals surface area contributed by atoms with Crippen molar-refractivity contribution in [3.05, 3.63) is 0 Å². The van der Waals surface area contributed by atoms with Gasteiger partial charge in [-0.3, -0.25) is 4.90 Å². The Balaban J connectivity index is 2.13. The van der Waals surface area contributed by atoms with Crippen LogP contribution >= 0.6 is 0 Å². The smallest absolute Gasteiger partial charge is 0.0601 e. The maximum absolute atomic E-state index is 3.33. The quantitative estimate of drug-likeness (QED) is 0.670. The van der Waals surface area contributed by atoms with Crippen molar-refractivity contribution in [2.45, 2.75) is 53.4 Å². The molecule has 0 aromatic heterocycles. The monoisotopic (exact) mass is 235 g/mol. The number of hydrogen-bond donors (Lipinski definition) is 0. The Morgan fingerprint density at radius 3 is 2.24 bits per heavy atom. The molecule has 1 heterocycles. The van der Waals surface area contributed by atoms with Gasteiger partial charge in [-0.15, -0.1) is 5.92 Å². The van der Waals surface area contributed by atoms with E-state index in [-0.39, 0.29) is 0 Å². The summed E-state index contributed by atoms with van der Waals surface area (Å²) in [4.78, 5) is 2.52. The normalized spacial score (nSPS) is 18.5. The molecule has 0 bridgehead atoms. The van der Waals surface area contributed by atoms with Crippen molar-refractivity contribution >= 4 is 0 Å². The molecule has 1 heteroatoms. The molecule has 1 aliphatic heterocycles. The molecule has 98 valence electrons. The van der Waals surface area contributed by atoms with E-state index in [9.17, 15) is 0 Å². The zero-order valence-corrected chi connectivity index (χ0v) is 12.1. The molecular formula is C16H29N. The minimum atomic E-state index is 0.783. The van der Waals surface area contributed by atoms with Crippen LogP contribution in [-0.4, -0.2) is 24.5 Å². The maximum Gasteiger partial charge on any atom is 0.0601 e. The number of rotatable bonds is 4. The first-order valence-electron chi connectivity index (χ1n) is 7.27. The first kappa shape index (κ1) is 14.6. The van der Waals surface area contributed by atoms with E-state index in [1.165, 1.54) is 32.4 Å². The van der Waals surface area contributed by atoms with Crippen LogP contribution in [0.25, 0.3) is 0 Å². The molecule has 0 aromatic rings. The van der Waals surface area contributed by atoms with Gasteiger partial charge in [-0.05, 0) is 50.1 Å². The van der Waals surface area contributed by atoms with Gasteiger partial charge in [-0.1, -0.05) is 33.6 Å². The zero-order chi connectivity index (χ0) is 12.7. The summed E-state index contributed by atoms with van der Waals surface area (Å²) in [5.74, 6) is 9.22. The van der Waals surface area contributed by atoms with Crippen LogP contribution in [-0.2, 0) is 0 Å². The van der Waals surface area contributed by atoms with Crippen molar-refractivity contribution in [1.29, 1.82) is 0 Å². The molecule has 17 heavy (non-hydrogen) atoms. The summed E-state index contributed by atoms with van der Waals surface area (Å²) in [5, 5.41) is 0. The second-order valence-corrected chi connectivity index (χ2v) is 6.14. The lowest BCUT2D eigenvalue weighted by Crippen LogP contribution is -2.35. The highest BCUT2D eigenvalue weighted by atomic mass is 15.1. The zero-order valence-electron chi connectivity index (χ0n) is 12.1. The van der Waals surface area contributed by atoms with Gasteiger partial charge in [0.25, 0.3) is 0 Å². The Bertz CT molecular complexity index is 248. The minimum absolute atomic E-state index is 0.783. The average molecular weight is 235 g/mol. The molecule has 0 N–H and O–H groups in total. The van der Waals surface area contributed by atoms with Crippen molar-refractivity contribution in [2.24, 2.45) is 17.8 Å². The summed E-state index contributed by atoms with van der Waals surface area (Å²) < 4.78 is 0. The Kier molecular flexibility index (Phi) is 6.66. The highest BCUT2D eigenvalue weighted by molar-refractivity contribution is 5.01. The predicted molar refractivity (Wildman–Crippen MR) is 75.9 cm³/mol. The van der Waals surface area contributed by atoms with Crippen LogP contribution < -0.4 is 0 Å². The number of piperidine rings is 1. The van der Waals surface area contributed by atoms with Gasteiger partial charge in [0.1, 0.15) is 0 Å². The van der Waals surface area contributed by atoms with Crippen molar-refractivity contribution in [1.82, 2.24) is 4.90 Å². The Hall–Kier alpha value is -0.480. The van der Waals surface area contributed by atoms with E-state index in [4.69, 9.17) is 0 Å². The van der Waals surface area contributed by atoms with E-state index in [0.717, 1.165) is 30.7 Å². The van der Waals surface area contributed by atoms with Crippen LogP contribution in [0.4, 0.5) is 0 Å². The summed E-state index contributed by atoms with van der Waals surface area (Å²) >= 11 is 0. The molecule has 0 aliphatic carbocycles. The predicted octanol–water partition coefficient (Wildman–Crippen LogP) is 3.79. The van der Waals surface area contributed by atoms with Crippen molar-refractivity contribution in [2.75, 3.05) is 19.6 Å². The van der Waals surface area contributed by atoms with E-state index >= 15 is 0 Å². The molecule has 0 spiro atoms. The Labute approximate surface area is 108 Å². The summed E-state index contributed by atoms with van der Waals surface area (Å²) in [6.45, 7) is 12.7. The van der Waals surface area contributed by atoms with Crippen LogP contribution in [0.15, 0.2) is 0 Å². The molecule has 0 amide bonds. The van der Waals surface area contributed by atoms with Gasteiger partial charge in [0.15, 0.2) is 0 Å². The lowest BCUT2D eigenvalue weighted by molar-refractivity contribution is 0.173. The van der Waals surface area contributed by atoms with E-state index < -0.39 is 0 Å². The highest BCUT2D eigenvalue weighted by Gasteiger charge is 2.20. The fourth-order valence-corrected chi connectivity index (χ4v) is 2.39. The standard InChI is InChI=1S/C16H29N/c1-14(2)8-6-5-7-11-17-12-9-16(10-13-17)15(3)4/h14-16H,6,8-13H2,1-4H3. The second kappa shape index (κ2) is 7.77. The van der Waals surface area contributed by atoms with E-state index in [2.05, 4.69) is 44.4 Å². The molecule has 1 nitrogen and oxygen atoms in total. The molecule has 0 unspecified atom stereocenters. The molecule has 1 rings (SSSR count). The van der Waals surface area contributed by atoms with Crippen molar-refractivity contribution in [3.63, 3.8) is 0 Å². The van der Waals surface area contributed by atoms with Gasteiger partial charge in [0, 0.05) is 6.42 Å². The van der Waals surface area contributed by atoms with Crippen molar-refractivity contribution < 1.29 is 0 Å². The number of hydrogen-bond acceptors (Lipinski definition) is 1. The lowest BCUT2D eigenvalue weighted by Gasteiger charge is -2.32. The minimum Gasteiger partial charge on any atom is -0.292 e. The molecule has 0 aromatic carbocycles. The topological polar surface area (TPSA) is 3.24 Å². The third kappa shape index (κ3) is 6.13. The average Bonchev–Trinajstić information content (AvgIpc) is 2.29. The van der Waals surface area contributed by atoms with E-state index in [1.54, 1.807) is 0 Å². The van der Waals surface area contributed by atoms with E-state index in [1.807, 2.05) is 0 Å². The molecule has 0 radical (unpaired) electrons. The summed E-state index contributed by atoms with van der Waals surface area (Å²) in [7, 11) is 0. The lowest BCUT2D eigenvalue weighted by atomic mass is 9.87. The van der Waals surface area contributed by atoms with Gasteiger partial charge in [-0.25, -0.2) is 0 Å². The number of likely N-dealkylation sites (tertiary alicyclic amines) is 1. The second-order valence-electron chi connectivity index (χ2n) is 6.14. The summed E-state index contributed by atoms with van der Waals surface area (Å²) in [6, 6.07) is 0. The van der Waals surface area contributed by atoms with Crippen LogP contribution in [0.1, 0.15) is 53.4 Å². The molecule has 0 atom stereocenters. The largest absolute Gasteiger partial charge is 0.292 e.